The molecule has 1 heterocycles. The SMILES string of the molecule is COc1ccc(CN2C(=O)OC(Cc3cc(F)ccc3C(N)=O)(C(F)(F)F)c3cc(Br)ccc32)cc1. The lowest BCUT2D eigenvalue weighted by molar-refractivity contribution is -0.265. The predicted octanol–water partition coefficient (Wildman–Crippen LogP) is 5.85. The summed E-state index contributed by atoms with van der Waals surface area (Å²) in [5, 5.41) is 0. The summed E-state index contributed by atoms with van der Waals surface area (Å²) in [6.45, 7) is -0.0854. The highest BCUT2D eigenvalue weighted by Crippen LogP contribution is 2.52. The van der Waals surface area contributed by atoms with Crippen molar-refractivity contribution < 1.29 is 36.6 Å². The summed E-state index contributed by atoms with van der Waals surface area (Å²) in [6, 6.07) is 13.4. The maximum atomic E-state index is 14.8. The highest BCUT2D eigenvalue weighted by atomic mass is 79.9. The molecular weight excluding hydrogens is 548 g/mol. The molecule has 3 aromatic carbocycles. The molecule has 0 fully saturated rings. The third-order valence-electron chi connectivity index (χ3n) is 5.90. The van der Waals surface area contributed by atoms with Crippen molar-refractivity contribution in [3.8, 4) is 5.75 Å². The van der Waals surface area contributed by atoms with Gasteiger partial charge in [0.15, 0.2) is 0 Å². The van der Waals surface area contributed by atoms with Gasteiger partial charge in [-0.1, -0.05) is 28.1 Å². The first-order chi connectivity index (χ1) is 16.9. The Morgan fingerprint density at radius 2 is 1.81 bits per heavy atom. The van der Waals surface area contributed by atoms with E-state index in [2.05, 4.69) is 15.9 Å². The molecule has 1 atom stereocenters. The van der Waals surface area contributed by atoms with E-state index < -0.39 is 36.0 Å². The van der Waals surface area contributed by atoms with Gasteiger partial charge in [-0.2, -0.15) is 13.2 Å². The Balaban J connectivity index is 1.87. The van der Waals surface area contributed by atoms with E-state index in [1.807, 2.05) is 0 Å². The molecule has 0 radical (unpaired) electrons. The van der Waals surface area contributed by atoms with Crippen LogP contribution in [0.5, 0.6) is 5.75 Å². The molecule has 0 aliphatic carbocycles. The Bertz CT molecular complexity index is 1330. The molecule has 1 aliphatic rings. The number of halogens is 5. The largest absolute Gasteiger partial charge is 0.497 e. The summed E-state index contributed by atoms with van der Waals surface area (Å²) in [4.78, 5) is 26.1. The standard InChI is InChI=1S/C25H19BrF4N2O4/c1-35-18-6-2-14(3-7-18)13-32-21-9-4-16(26)11-20(21)24(25(28,29)30,36-23(32)34)12-15-10-17(27)5-8-19(15)22(31)33/h2-11H,12-13H2,1H3,(H2,31,33). The van der Waals surface area contributed by atoms with Crippen molar-refractivity contribution in [2.24, 2.45) is 5.73 Å². The fourth-order valence-corrected chi connectivity index (χ4v) is 4.51. The number of benzene rings is 3. The predicted molar refractivity (Wildman–Crippen MR) is 126 cm³/mol. The molecule has 36 heavy (non-hydrogen) atoms. The lowest BCUT2D eigenvalue weighted by atomic mass is 9.82. The second-order valence-corrected chi connectivity index (χ2v) is 9.05. The van der Waals surface area contributed by atoms with E-state index in [-0.39, 0.29) is 28.9 Å². The molecule has 0 bridgehead atoms. The number of fused-ring (bicyclic) bond motifs is 1. The maximum absolute atomic E-state index is 14.8. The average molecular weight is 567 g/mol. The average Bonchev–Trinajstić information content (AvgIpc) is 2.81. The molecule has 11 heteroatoms. The third-order valence-corrected chi connectivity index (χ3v) is 6.39. The van der Waals surface area contributed by atoms with Crippen molar-refractivity contribution >= 4 is 33.6 Å². The van der Waals surface area contributed by atoms with Gasteiger partial charge >= 0.3 is 12.3 Å². The number of methoxy groups -OCH3 is 1. The highest BCUT2D eigenvalue weighted by molar-refractivity contribution is 9.10. The Labute approximate surface area is 211 Å². The normalized spacial score (nSPS) is 17.4. The minimum atomic E-state index is -5.13. The molecule has 1 aliphatic heterocycles. The van der Waals surface area contributed by atoms with Crippen molar-refractivity contribution in [2.75, 3.05) is 12.0 Å². The van der Waals surface area contributed by atoms with E-state index in [9.17, 15) is 27.2 Å². The second kappa shape index (κ2) is 9.45. The van der Waals surface area contributed by atoms with E-state index in [1.54, 1.807) is 24.3 Å². The first-order valence-corrected chi connectivity index (χ1v) is 11.3. The molecule has 3 aromatic rings. The lowest BCUT2D eigenvalue weighted by Gasteiger charge is -2.43. The topological polar surface area (TPSA) is 81.9 Å². The van der Waals surface area contributed by atoms with Crippen molar-refractivity contribution in [2.45, 2.75) is 24.7 Å². The monoisotopic (exact) mass is 566 g/mol. The van der Waals surface area contributed by atoms with Crippen LogP contribution in [0.2, 0.25) is 0 Å². The van der Waals surface area contributed by atoms with E-state index in [0.29, 0.717) is 15.8 Å². The lowest BCUT2D eigenvalue weighted by Crippen LogP contribution is -2.55. The van der Waals surface area contributed by atoms with Gasteiger partial charge < -0.3 is 15.2 Å². The summed E-state index contributed by atoms with van der Waals surface area (Å²) >= 11 is 3.19. The smallest absolute Gasteiger partial charge is 0.433 e. The zero-order chi connectivity index (χ0) is 26.3. The van der Waals surface area contributed by atoms with Gasteiger partial charge in [-0.3, -0.25) is 9.69 Å². The third kappa shape index (κ3) is 4.62. The number of carbonyl (C=O) groups excluding carboxylic acids is 2. The maximum Gasteiger partial charge on any atom is 0.433 e. The van der Waals surface area contributed by atoms with E-state index in [1.165, 1.54) is 25.3 Å². The van der Waals surface area contributed by atoms with Gasteiger partial charge in [-0.25, -0.2) is 9.18 Å². The van der Waals surface area contributed by atoms with Crippen molar-refractivity contribution in [3.05, 3.63) is 93.2 Å². The Hall–Kier alpha value is -3.60. The van der Waals surface area contributed by atoms with Crippen LogP contribution in [0.1, 0.15) is 27.0 Å². The minimum absolute atomic E-state index is 0.0420. The van der Waals surface area contributed by atoms with Crippen molar-refractivity contribution in [3.63, 3.8) is 0 Å². The second-order valence-electron chi connectivity index (χ2n) is 8.13. The summed E-state index contributed by atoms with van der Waals surface area (Å²) in [7, 11) is 1.49. The number of nitrogens with two attached hydrogens (primary N) is 1. The van der Waals surface area contributed by atoms with Crippen LogP contribution >= 0.6 is 15.9 Å². The molecular formula is C25H19BrF4N2O4. The summed E-state index contributed by atoms with van der Waals surface area (Å²) < 4.78 is 69.0. The number of nitrogens with zero attached hydrogens (tertiary/aromatic N) is 1. The molecule has 6 nitrogen and oxygen atoms in total. The number of carbonyl (C=O) groups is 2. The van der Waals surface area contributed by atoms with Crippen LogP contribution in [0.25, 0.3) is 0 Å². The van der Waals surface area contributed by atoms with Crippen LogP contribution in [0, 0.1) is 5.82 Å². The van der Waals surface area contributed by atoms with Gasteiger partial charge in [0, 0.05) is 22.0 Å². The van der Waals surface area contributed by atoms with Gasteiger partial charge in [0.2, 0.25) is 11.5 Å². The number of rotatable bonds is 6. The Morgan fingerprint density at radius 1 is 1.11 bits per heavy atom. The fourth-order valence-electron chi connectivity index (χ4n) is 4.15. The van der Waals surface area contributed by atoms with E-state index in [4.69, 9.17) is 15.2 Å². The molecule has 4 rings (SSSR count). The van der Waals surface area contributed by atoms with Gasteiger partial charge in [0.05, 0.1) is 19.3 Å². The quantitative estimate of drug-likeness (QED) is 0.379. The number of amides is 2. The van der Waals surface area contributed by atoms with Crippen LogP contribution < -0.4 is 15.4 Å². The minimum Gasteiger partial charge on any atom is -0.497 e. The summed E-state index contributed by atoms with van der Waals surface area (Å²) in [5.74, 6) is -1.34. The fraction of sp³-hybridized carbons (Fsp3) is 0.200. The Morgan fingerprint density at radius 3 is 2.42 bits per heavy atom. The van der Waals surface area contributed by atoms with Crippen LogP contribution in [-0.2, 0) is 23.3 Å². The van der Waals surface area contributed by atoms with Crippen molar-refractivity contribution in [1.29, 1.82) is 0 Å². The zero-order valence-electron chi connectivity index (χ0n) is 18.7. The van der Waals surface area contributed by atoms with Crippen molar-refractivity contribution in [1.82, 2.24) is 0 Å². The number of primary amides is 1. The Kier molecular flexibility index (Phi) is 6.70. The number of alkyl halides is 3. The van der Waals surface area contributed by atoms with Crippen LogP contribution in [0.3, 0.4) is 0 Å². The molecule has 0 saturated carbocycles. The number of hydrogen-bond acceptors (Lipinski definition) is 4. The number of hydrogen-bond donors (Lipinski definition) is 1. The highest BCUT2D eigenvalue weighted by Gasteiger charge is 2.63. The molecule has 2 amide bonds. The van der Waals surface area contributed by atoms with Gasteiger partial charge in [0.25, 0.3) is 0 Å². The zero-order valence-corrected chi connectivity index (χ0v) is 20.3. The number of anilines is 1. The molecule has 0 spiro atoms. The van der Waals surface area contributed by atoms with Gasteiger partial charge in [-0.05, 0) is 59.7 Å². The van der Waals surface area contributed by atoms with E-state index in [0.717, 1.165) is 23.1 Å². The molecule has 1 unspecified atom stereocenters. The first kappa shape index (κ1) is 25.5. The molecule has 2 N–H and O–H groups in total. The van der Waals surface area contributed by atoms with Gasteiger partial charge in [-0.15, -0.1) is 0 Å². The summed E-state index contributed by atoms with van der Waals surface area (Å²) in [6.07, 6.45) is -7.45. The van der Waals surface area contributed by atoms with Crippen LogP contribution in [0.4, 0.5) is 28.0 Å². The van der Waals surface area contributed by atoms with Crippen LogP contribution in [0.15, 0.2) is 65.1 Å². The number of cyclic esters (lactones) is 1. The first-order valence-electron chi connectivity index (χ1n) is 10.5. The van der Waals surface area contributed by atoms with Gasteiger partial charge in [0.1, 0.15) is 11.6 Å². The molecule has 0 aromatic heterocycles. The molecule has 0 saturated heterocycles. The van der Waals surface area contributed by atoms with Crippen LogP contribution in [-0.4, -0.2) is 25.3 Å². The molecule has 188 valence electrons. The van der Waals surface area contributed by atoms with E-state index >= 15 is 0 Å². The summed E-state index contributed by atoms with van der Waals surface area (Å²) in [5.41, 5.74) is 1.65. The number of ether oxygens (including phenoxy) is 2.